The molecule has 12 nitrogen and oxygen atoms in total. The van der Waals surface area contributed by atoms with Gasteiger partial charge in [-0.2, -0.15) is 11.8 Å². The molecule has 0 rings (SSSR count). The van der Waals surface area contributed by atoms with E-state index in [9.17, 15) is 4.79 Å². The molecule has 0 aliphatic heterocycles. The molecule has 0 atom stereocenters. The van der Waals surface area contributed by atoms with Crippen LogP contribution in [0.4, 0.5) is 0 Å². The predicted octanol–water partition coefficient (Wildman–Crippen LogP) is 0.424. The summed E-state index contributed by atoms with van der Waals surface area (Å²) in [6.07, 6.45) is 2.23. The highest BCUT2D eigenvalue weighted by molar-refractivity contribution is 7.98. The average Bonchev–Trinajstić information content (AvgIpc) is 2.90. The van der Waals surface area contributed by atoms with E-state index < -0.39 is 0 Å². The van der Waals surface area contributed by atoms with Gasteiger partial charge in [0.05, 0.1) is 132 Å². The lowest BCUT2D eigenvalue weighted by molar-refractivity contribution is -0.146. The number of rotatable bonds is 32. The maximum atomic E-state index is 11.4. The maximum absolute atomic E-state index is 11.4. The van der Waals surface area contributed by atoms with Gasteiger partial charge in [-0.25, -0.2) is 0 Å². The summed E-state index contributed by atoms with van der Waals surface area (Å²) in [6, 6.07) is 0. The molecular weight excluding hydrogens is 512 g/mol. The molecule has 0 spiro atoms. The van der Waals surface area contributed by atoms with E-state index >= 15 is 0 Å². The molecule has 13 heteroatoms. The largest absolute Gasteiger partial charge is 0.463 e. The number of hydrogen-bond donors (Lipinski definition) is 1. The molecule has 0 aliphatic rings. The Kier molecular flexibility index (Phi) is 32.9. The monoisotopic (exact) mass is 560 g/mol. The zero-order chi connectivity index (χ0) is 26.9. The van der Waals surface area contributed by atoms with Crippen molar-refractivity contribution in [2.24, 2.45) is 0 Å². The predicted molar refractivity (Wildman–Crippen MR) is 138 cm³/mol. The van der Waals surface area contributed by atoms with E-state index in [1.54, 1.807) is 11.8 Å². The lowest BCUT2D eigenvalue weighted by Crippen LogP contribution is -2.15. The first-order valence-electron chi connectivity index (χ1n) is 12.8. The minimum atomic E-state index is -0.347. The number of ether oxygens (including phenoxy) is 10. The van der Waals surface area contributed by atoms with Gasteiger partial charge in [0.15, 0.2) is 0 Å². The van der Waals surface area contributed by atoms with Gasteiger partial charge < -0.3 is 52.5 Å². The van der Waals surface area contributed by atoms with Crippen molar-refractivity contribution in [2.75, 3.05) is 144 Å². The molecule has 0 saturated heterocycles. The lowest BCUT2D eigenvalue weighted by Gasteiger charge is -2.09. The van der Waals surface area contributed by atoms with Crippen LogP contribution in [0.5, 0.6) is 0 Å². The number of carbonyl (C=O) groups excluding carboxylic acids is 1. The molecule has 0 unspecified atom stereocenters. The second-order valence-corrected chi connectivity index (χ2v) is 8.18. The number of carbonyl (C=O) groups is 1. The van der Waals surface area contributed by atoms with Crippen molar-refractivity contribution in [1.29, 1.82) is 0 Å². The SMILES string of the molecule is CSCCOCCOCCOCCOCCOCCOCCOCCOCCC(=O)OCCOCCO. The van der Waals surface area contributed by atoms with Gasteiger partial charge >= 0.3 is 5.97 Å². The minimum absolute atomic E-state index is 0.0500. The molecule has 0 heterocycles. The van der Waals surface area contributed by atoms with E-state index in [-0.39, 0.29) is 45.4 Å². The second kappa shape index (κ2) is 33.4. The van der Waals surface area contributed by atoms with E-state index in [1.807, 2.05) is 0 Å². The van der Waals surface area contributed by atoms with Gasteiger partial charge in [-0.1, -0.05) is 0 Å². The van der Waals surface area contributed by atoms with Crippen molar-refractivity contribution < 1.29 is 57.3 Å². The van der Waals surface area contributed by atoms with Crippen molar-refractivity contribution in [2.45, 2.75) is 6.42 Å². The van der Waals surface area contributed by atoms with Crippen molar-refractivity contribution in [1.82, 2.24) is 0 Å². The van der Waals surface area contributed by atoms with Crippen molar-refractivity contribution >= 4 is 17.7 Å². The Hall–Kier alpha value is -0.580. The zero-order valence-electron chi connectivity index (χ0n) is 22.4. The van der Waals surface area contributed by atoms with Gasteiger partial charge in [-0.05, 0) is 6.26 Å². The molecule has 0 bridgehead atoms. The summed E-state index contributed by atoms with van der Waals surface area (Å²) < 4.78 is 53.1. The molecule has 0 amide bonds. The summed E-state index contributed by atoms with van der Waals surface area (Å²) in [5.41, 5.74) is 0. The number of thioether (sulfide) groups is 1. The molecule has 0 aliphatic carbocycles. The third kappa shape index (κ3) is 33.4. The molecule has 1 N–H and O–H groups in total. The number of hydrogen-bond acceptors (Lipinski definition) is 13. The fourth-order valence-electron chi connectivity index (χ4n) is 2.39. The van der Waals surface area contributed by atoms with Crippen LogP contribution in [0.3, 0.4) is 0 Å². The molecule has 0 fully saturated rings. The van der Waals surface area contributed by atoms with Gasteiger partial charge in [0.1, 0.15) is 6.61 Å². The molecule has 37 heavy (non-hydrogen) atoms. The molecule has 0 aromatic heterocycles. The molecule has 0 aromatic carbocycles. The molecule has 0 aromatic rings. The number of aliphatic hydroxyl groups excluding tert-OH is 1. The number of aliphatic hydroxyl groups is 1. The third-order valence-electron chi connectivity index (χ3n) is 4.21. The summed E-state index contributed by atoms with van der Waals surface area (Å²) in [4.78, 5) is 11.4. The summed E-state index contributed by atoms with van der Waals surface area (Å²) in [6.45, 7) is 8.73. The van der Waals surface area contributed by atoms with Crippen LogP contribution >= 0.6 is 11.8 Å². The standard InChI is InChI=1S/C24H48O12S/c1-37-23-22-35-19-18-34-17-16-33-15-14-32-13-12-31-11-10-30-9-8-29-7-6-27-4-2-24(26)36-21-20-28-5-3-25/h25H,2-23H2,1H3. The van der Waals surface area contributed by atoms with Gasteiger partial charge in [-0.15, -0.1) is 0 Å². The Morgan fingerprint density at radius 3 is 1.19 bits per heavy atom. The van der Waals surface area contributed by atoms with Crippen LogP contribution in [0.15, 0.2) is 0 Å². The third-order valence-corrected chi connectivity index (χ3v) is 4.79. The normalized spacial score (nSPS) is 11.3. The second-order valence-electron chi connectivity index (χ2n) is 7.20. The number of esters is 1. The highest BCUT2D eigenvalue weighted by Crippen LogP contribution is 1.91. The van der Waals surface area contributed by atoms with Crippen LogP contribution in [0.2, 0.25) is 0 Å². The molecular formula is C24H48O12S. The lowest BCUT2D eigenvalue weighted by atomic mass is 10.5. The fraction of sp³-hybridized carbons (Fsp3) is 0.958. The maximum Gasteiger partial charge on any atom is 0.308 e. The van der Waals surface area contributed by atoms with Gasteiger partial charge in [-0.3, -0.25) is 4.79 Å². The highest BCUT2D eigenvalue weighted by Gasteiger charge is 2.02. The average molecular weight is 561 g/mol. The van der Waals surface area contributed by atoms with Crippen LogP contribution in [0.1, 0.15) is 6.42 Å². The van der Waals surface area contributed by atoms with Crippen LogP contribution < -0.4 is 0 Å². The molecule has 222 valence electrons. The molecule has 0 radical (unpaired) electrons. The summed E-state index contributed by atoms with van der Waals surface area (Å²) in [5.74, 6) is 0.659. The van der Waals surface area contributed by atoms with Gasteiger partial charge in [0.25, 0.3) is 0 Å². The summed E-state index contributed by atoms with van der Waals surface area (Å²) in [5, 5.41) is 8.55. The van der Waals surface area contributed by atoms with Crippen LogP contribution in [0, 0.1) is 0 Å². The van der Waals surface area contributed by atoms with Gasteiger partial charge in [0, 0.05) is 5.75 Å². The van der Waals surface area contributed by atoms with Crippen LogP contribution in [-0.4, -0.2) is 155 Å². The summed E-state index contributed by atoms with van der Waals surface area (Å²) >= 11 is 1.76. The van der Waals surface area contributed by atoms with Crippen LogP contribution in [0.25, 0.3) is 0 Å². The van der Waals surface area contributed by atoms with Crippen molar-refractivity contribution in [3.8, 4) is 0 Å². The first-order valence-corrected chi connectivity index (χ1v) is 14.2. The Labute approximate surface area is 225 Å². The Morgan fingerprint density at radius 1 is 0.486 bits per heavy atom. The Bertz CT molecular complexity index is 448. The van der Waals surface area contributed by atoms with E-state index in [0.29, 0.717) is 92.5 Å². The van der Waals surface area contributed by atoms with Crippen molar-refractivity contribution in [3.05, 3.63) is 0 Å². The highest BCUT2D eigenvalue weighted by atomic mass is 32.2. The Morgan fingerprint density at radius 2 is 0.811 bits per heavy atom. The first-order chi connectivity index (χ1) is 18.3. The zero-order valence-corrected chi connectivity index (χ0v) is 23.2. The van der Waals surface area contributed by atoms with E-state index in [2.05, 4.69) is 6.26 Å². The van der Waals surface area contributed by atoms with E-state index in [1.165, 1.54) is 0 Å². The van der Waals surface area contributed by atoms with Crippen molar-refractivity contribution in [3.63, 3.8) is 0 Å². The topological polar surface area (TPSA) is 130 Å². The molecule has 0 saturated carbocycles. The minimum Gasteiger partial charge on any atom is -0.463 e. The fourth-order valence-corrected chi connectivity index (χ4v) is 2.68. The smallest absolute Gasteiger partial charge is 0.308 e. The quantitative estimate of drug-likeness (QED) is 0.0902. The van der Waals surface area contributed by atoms with Crippen LogP contribution in [-0.2, 0) is 52.2 Å². The van der Waals surface area contributed by atoms with E-state index in [0.717, 1.165) is 12.4 Å². The van der Waals surface area contributed by atoms with Gasteiger partial charge in [0.2, 0.25) is 0 Å². The first kappa shape index (κ1) is 36.4. The summed E-state index contributed by atoms with van der Waals surface area (Å²) in [7, 11) is 0. The Balaban J connectivity index is 3.08. The van der Waals surface area contributed by atoms with E-state index in [4.69, 9.17) is 52.5 Å².